The van der Waals surface area contributed by atoms with Gasteiger partial charge in [-0.1, -0.05) is 12.1 Å². The Kier molecular flexibility index (Phi) is 4.36. The number of amides is 1. The molecule has 1 aliphatic heterocycles. The lowest BCUT2D eigenvalue weighted by Gasteiger charge is -2.34. The van der Waals surface area contributed by atoms with Crippen LogP contribution in [0.2, 0.25) is 0 Å². The van der Waals surface area contributed by atoms with Crippen LogP contribution in [0.3, 0.4) is 0 Å². The Labute approximate surface area is 153 Å². The second-order valence-corrected chi connectivity index (χ2v) is 7.15. The van der Waals surface area contributed by atoms with E-state index in [0.29, 0.717) is 12.8 Å². The third-order valence-electron chi connectivity index (χ3n) is 5.43. The van der Waals surface area contributed by atoms with Gasteiger partial charge in [0.15, 0.2) is 5.65 Å². The van der Waals surface area contributed by atoms with Crippen molar-refractivity contribution in [3.8, 4) is 0 Å². The lowest BCUT2D eigenvalue weighted by Crippen LogP contribution is -2.52. The maximum absolute atomic E-state index is 12.7. The predicted octanol–water partition coefficient (Wildman–Crippen LogP) is 2.25. The van der Waals surface area contributed by atoms with Gasteiger partial charge in [0.1, 0.15) is 0 Å². The van der Waals surface area contributed by atoms with Crippen LogP contribution >= 0.6 is 0 Å². The second-order valence-electron chi connectivity index (χ2n) is 7.15. The smallest absolute Gasteiger partial charge is 0.223 e. The highest BCUT2D eigenvalue weighted by molar-refractivity contribution is 5.92. The first-order valence-electron chi connectivity index (χ1n) is 9.30. The minimum absolute atomic E-state index is 0.225. The minimum atomic E-state index is 0.225. The van der Waals surface area contributed by atoms with E-state index in [-0.39, 0.29) is 11.9 Å². The van der Waals surface area contributed by atoms with Crippen LogP contribution in [0.15, 0.2) is 24.3 Å². The fraction of sp³-hybridized carbons (Fsp3) is 0.450. The number of hydrogen-bond acceptors (Lipinski definition) is 4. The van der Waals surface area contributed by atoms with Crippen molar-refractivity contribution in [3.05, 3.63) is 41.2 Å². The van der Waals surface area contributed by atoms with Crippen molar-refractivity contribution in [1.82, 2.24) is 24.8 Å². The van der Waals surface area contributed by atoms with E-state index in [0.717, 1.165) is 53.1 Å². The molecule has 4 rings (SSSR count). The number of nitrogens with zero attached hydrogens (tertiary/aromatic N) is 4. The number of nitrogens with one attached hydrogen (secondary N) is 1. The van der Waals surface area contributed by atoms with Gasteiger partial charge in [0, 0.05) is 48.9 Å². The van der Waals surface area contributed by atoms with Gasteiger partial charge < -0.3 is 10.2 Å². The molecule has 1 N–H and O–H groups in total. The summed E-state index contributed by atoms with van der Waals surface area (Å²) in [6, 6.07) is 8.32. The highest BCUT2D eigenvalue weighted by Crippen LogP contribution is 2.23. The number of aryl methyl sites for hydroxylation is 2. The molecule has 0 spiro atoms. The van der Waals surface area contributed by atoms with Crippen LogP contribution in [0.25, 0.3) is 16.6 Å². The molecule has 1 aliphatic rings. The minimum Gasteiger partial charge on any atom is -0.337 e. The molecule has 1 atom stereocenters. The van der Waals surface area contributed by atoms with Crippen molar-refractivity contribution >= 4 is 22.5 Å². The number of fused-ring (bicyclic) bond motifs is 3. The van der Waals surface area contributed by atoms with Crippen LogP contribution in [-0.2, 0) is 11.2 Å². The van der Waals surface area contributed by atoms with Gasteiger partial charge in [0.25, 0.3) is 0 Å². The summed E-state index contributed by atoms with van der Waals surface area (Å²) in [6.45, 7) is 8.74. The third kappa shape index (κ3) is 2.84. The number of benzene rings is 1. The fourth-order valence-corrected chi connectivity index (χ4v) is 3.93. The monoisotopic (exact) mass is 351 g/mol. The van der Waals surface area contributed by atoms with E-state index in [1.165, 1.54) is 0 Å². The van der Waals surface area contributed by atoms with Gasteiger partial charge in [0.2, 0.25) is 5.91 Å². The van der Waals surface area contributed by atoms with Crippen molar-refractivity contribution in [3.63, 3.8) is 0 Å². The molecule has 0 unspecified atom stereocenters. The predicted molar refractivity (Wildman–Crippen MR) is 102 cm³/mol. The van der Waals surface area contributed by atoms with Gasteiger partial charge >= 0.3 is 0 Å². The molecule has 2 aromatic heterocycles. The van der Waals surface area contributed by atoms with Gasteiger partial charge in [-0.25, -0.2) is 9.50 Å². The number of rotatable bonds is 3. The maximum atomic E-state index is 12.7. The molecule has 0 aliphatic carbocycles. The SMILES string of the molecule is Cc1nc2c3ccccc3nn2c(C)c1CCC(=O)N1CCNC[C@H]1C. The molecule has 3 aromatic rings. The zero-order valence-corrected chi connectivity index (χ0v) is 15.6. The molecule has 1 saturated heterocycles. The first kappa shape index (κ1) is 17.0. The molecule has 6 heteroatoms. The number of carbonyl (C=O) groups excluding carboxylic acids is 1. The van der Waals surface area contributed by atoms with Gasteiger partial charge in [0.05, 0.1) is 5.52 Å². The van der Waals surface area contributed by atoms with Crippen LogP contribution in [0.5, 0.6) is 0 Å². The average molecular weight is 351 g/mol. The topological polar surface area (TPSA) is 62.5 Å². The van der Waals surface area contributed by atoms with Crippen LogP contribution in [0.1, 0.15) is 30.3 Å². The summed E-state index contributed by atoms with van der Waals surface area (Å²) < 4.78 is 1.92. The van der Waals surface area contributed by atoms with Gasteiger partial charge in [-0.15, -0.1) is 0 Å². The third-order valence-corrected chi connectivity index (χ3v) is 5.43. The molecule has 3 heterocycles. The van der Waals surface area contributed by atoms with Crippen molar-refractivity contribution in [2.24, 2.45) is 0 Å². The van der Waals surface area contributed by atoms with Gasteiger partial charge in [-0.2, -0.15) is 5.10 Å². The standard InChI is InChI=1S/C20H25N5O/c1-13-12-21-10-11-24(13)19(26)9-8-16-14(2)22-20-17-6-4-5-7-18(17)23-25(20)15(16)3/h4-7,13,21H,8-12H2,1-3H3/t13-/m1/s1. The molecule has 136 valence electrons. The Balaban J connectivity index is 1.62. The van der Waals surface area contributed by atoms with Crippen LogP contribution in [-0.4, -0.2) is 51.1 Å². The molecule has 0 bridgehead atoms. The number of piperazine rings is 1. The zero-order chi connectivity index (χ0) is 18.3. The summed E-state index contributed by atoms with van der Waals surface area (Å²) in [6.07, 6.45) is 1.21. The Hall–Kier alpha value is -2.47. The quantitative estimate of drug-likeness (QED) is 0.786. The molecule has 1 fully saturated rings. The van der Waals surface area contributed by atoms with Crippen LogP contribution in [0, 0.1) is 13.8 Å². The fourth-order valence-electron chi connectivity index (χ4n) is 3.93. The molecular formula is C20H25N5O. The van der Waals surface area contributed by atoms with Crippen LogP contribution < -0.4 is 5.32 Å². The highest BCUT2D eigenvalue weighted by Gasteiger charge is 2.23. The first-order chi connectivity index (χ1) is 12.6. The Morgan fingerprint density at radius 2 is 2.12 bits per heavy atom. The van der Waals surface area contributed by atoms with Crippen molar-refractivity contribution < 1.29 is 4.79 Å². The number of aromatic nitrogens is 3. The summed E-state index contributed by atoms with van der Waals surface area (Å²) in [5.41, 5.74) is 5.03. The molecule has 1 aromatic carbocycles. The summed E-state index contributed by atoms with van der Waals surface area (Å²) >= 11 is 0. The van der Waals surface area contributed by atoms with Crippen LogP contribution in [0.4, 0.5) is 0 Å². The van der Waals surface area contributed by atoms with E-state index in [1.54, 1.807) is 0 Å². The summed E-state index contributed by atoms with van der Waals surface area (Å²) in [4.78, 5) is 19.5. The van der Waals surface area contributed by atoms with Crippen molar-refractivity contribution in [2.75, 3.05) is 19.6 Å². The Morgan fingerprint density at radius 3 is 2.92 bits per heavy atom. The number of carbonyl (C=O) groups is 1. The summed E-state index contributed by atoms with van der Waals surface area (Å²) in [5.74, 6) is 0.225. The zero-order valence-electron chi connectivity index (χ0n) is 15.6. The largest absolute Gasteiger partial charge is 0.337 e. The van der Waals surface area contributed by atoms with E-state index in [4.69, 9.17) is 10.1 Å². The Bertz CT molecular complexity index is 977. The maximum Gasteiger partial charge on any atom is 0.223 e. The van der Waals surface area contributed by atoms with E-state index in [9.17, 15) is 4.79 Å². The molecule has 0 saturated carbocycles. The first-order valence-corrected chi connectivity index (χ1v) is 9.30. The van der Waals surface area contributed by atoms with E-state index >= 15 is 0 Å². The second kappa shape index (κ2) is 6.68. The average Bonchev–Trinajstić information content (AvgIpc) is 3.01. The highest BCUT2D eigenvalue weighted by atomic mass is 16.2. The Morgan fingerprint density at radius 1 is 1.31 bits per heavy atom. The molecular weight excluding hydrogens is 326 g/mol. The van der Waals surface area contributed by atoms with Crippen molar-refractivity contribution in [1.29, 1.82) is 0 Å². The lowest BCUT2D eigenvalue weighted by atomic mass is 10.0. The molecule has 6 nitrogen and oxygen atoms in total. The van der Waals surface area contributed by atoms with E-state index in [2.05, 4.69) is 25.2 Å². The van der Waals surface area contributed by atoms with Gasteiger partial charge in [-0.05, 0) is 44.9 Å². The molecule has 1 amide bonds. The van der Waals surface area contributed by atoms with Crippen molar-refractivity contribution in [2.45, 2.75) is 39.7 Å². The molecule has 26 heavy (non-hydrogen) atoms. The van der Waals surface area contributed by atoms with Gasteiger partial charge in [-0.3, -0.25) is 4.79 Å². The van der Waals surface area contributed by atoms with E-state index in [1.807, 2.05) is 34.5 Å². The summed E-state index contributed by atoms with van der Waals surface area (Å²) in [7, 11) is 0. The molecule has 0 radical (unpaired) electrons. The summed E-state index contributed by atoms with van der Waals surface area (Å²) in [5, 5.41) is 9.09. The normalized spacial score (nSPS) is 18.0. The lowest BCUT2D eigenvalue weighted by molar-refractivity contribution is -0.133. The number of hydrogen-bond donors (Lipinski definition) is 1. The van der Waals surface area contributed by atoms with E-state index < -0.39 is 0 Å².